The van der Waals surface area contributed by atoms with Crippen LogP contribution in [-0.2, 0) is 16.1 Å². The van der Waals surface area contributed by atoms with Crippen molar-refractivity contribution in [1.29, 1.82) is 0 Å². The molecule has 21 heavy (non-hydrogen) atoms. The topological polar surface area (TPSA) is 59.0 Å². The predicted octanol–water partition coefficient (Wildman–Crippen LogP) is 2.16. The average Bonchev–Trinajstić information content (AvgIpc) is 2.41. The quantitative estimate of drug-likeness (QED) is 0.902. The van der Waals surface area contributed by atoms with Crippen LogP contribution in [0.3, 0.4) is 0 Å². The second kappa shape index (κ2) is 7.06. The van der Waals surface area contributed by atoms with E-state index in [1.54, 1.807) is 6.07 Å². The Kier molecular flexibility index (Phi) is 5.39. The van der Waals surface area contributed by atoms with Crippen LogP contribution in [0, 0.1) is 5.82 Å². The van der Waals surface area contributed by atoms with E-state index < -0.39 is 11.8 Å². The SMILES string of the molecule is COc1cc(CN2CCOC(CC(=O)O)C2)c(F)cc1Cl. The van der Waals surface area contributed by atoms with Gasteiger partial charge in [0.05, 0.1) is 31.3 Å². The minimum atomic E-state index is -0.902. The smallest absolute Gasteiger partial charge is 0.306 e. The second-order valence-corrected chi connectivity index (χ2v) is 5.31. The van der Waals surface area contributed by atoms with E-state index >= 15 is 0 Å². The van der Waals surface area contributed by atoms with Gasteiger partial charge < -0.3 is 14.6 Å². The summed E-state index contributed by atoms with van der Waals surface area (Å²) in [4.78, 5) is 12.7. The molecule has 0 radical (unpaired) electrons. The summed E-state index contributed by atoms with van der Waals surface area (Å²) in [5, 5.41) is 9.02. The average molecular weight is 318 g/mol. The Labute approximate surface area is 127 Å². The summed E-state index contributed by atoms with van der Waals surface area (Å²) in [6, 6.07) is 2.80. The Morgan fingerprint density at radius 2 is 2.38 bits per heavy atom. The molecule has 1 unspecified atom stereocenters. The van der Waals surface area contributed by atoms with Gasteiger partial charge in [-0.05, 0) is 12.1 Å². The lowest BCUT2D eigenvalue weighted by molar-refractivity contribution is -0.142. The summed E-state index contributed by atoms with van der Waals surface area (Å²) >= 11 is 5.86. The van der Waals surface area contributed by atoms with E-state index in [-0.39, 0.29) is 17.5 Å². The Bertz CT molecular complexity index is 526. The minimum absolute atomic E-state index is 0.0527. The van der Waals surface area contributed by atoms with Gasteiger partial charge in [-0.1, -0.05) is 11.6 Å². The summed E-state index contributed by atoms with van der Waals surface area (Å²) in [5.41, 5.74) is 0.465. The number of halogens is 2. The molecule has 2 rings (SSSR count). The first kappa shape index (κ1) is 16.0. The highest BCUT2D eigenvalue weighted by atomic mass is 35.5. The van der Waals surface area contributed by atoms with Crippen molar-refractivity contribution in [1.82, 2.24) is 4.90 Å². The summed E-state index contributed by atoms with van der Waals surface area (Å²) in [7, 11) is 1.47. The van der Waals surface area contributed by atoms with Gasteiger partial charge >= 0.3 is 5.97 Å². The van der Waals surface area contributed by atoms with Crippen molar-refractivity contribution in [2.24, 2.45) is 0 Å². The van der Waals surface area contributed by atoms with E-state index in [2.05, 4.69) is 0 Å². The van der Waals surface area contributed by atoms with Gasteiger partial charge in [-0.25, -0.2) is 4.39 Å². The Balaban J connectivity index is 2.05. The number of carboxylic acid groups (broad SMARTS) is 1. The maximum atomic E-state index is 13.9. The van der Waals surface area contributed by atoms with E-state index in [0.29, 0.717) is 37.6 Å². The van der Waals surface area contributed by atoms with Gasteiger partial charge in [-0.15, -0.1) is 0 Å². The number of benzene rings is 1. The second-order valence-electron chi connectivity index (χ2n) is 4.90. The first-order valence-corrected chi connectivity index (χ1v) is 6.95. The van der Waals surface area contributed by atoms with Crippen molar-refractivity contribution >= 4 is 17.6 Å². The van der Waals surface area contributed by atoms with Crippen molar-refractivity contribution in [3.8, 4) is 5.75 Å². The molecule has 0 spiro atoms. The molecule has 1 heterocycles. The summed E-state index contributed by atoms with van der Waals surface area (Å²) in [6.45, 7) is 1.88. The maximum absolute atomic E-state index is 13.9. The van der Waals surface area contributed by atoms with Gasteiger partial charge in [-0.2, -0.15) is 0 Å². The van der Waals surface area contributed by atoms with Crippen LogP contribution in [0.2, 0.25) is 5.02 Å². The summed E-state index contributed by atoms with van der Waals surface area (Å²) < 4.78 is 24.4. The number of carbonyl (C=O) groups is 1. The third-order valence-electron chi connectivity index (χ3n) is 3.34. The minimum Gasteiger partial charge on any atom is -0.495 e. The number of morpholine rings is 1. The lowest BCUT2D eigenvalue weighted by Crippen LogP contribution is -2.42. The zero-order valence-electron chi connectivity index (χ0n) is 11.6. The van der Waals surface area contributed by atoms with E-state index in [9.17, 15) is 9.18 Å². The van der Waals surface area contributed by atoms with Crippen molar-refractivity contribution in [2.75, 3.05) is 26.8 Å². The fourth-order valence-electron chi connectivity index (χ4n) is 2.33. The number of hydrogen-bond acceptors (Lipinski definition) is 4. The maximum Gasteiger partial charge on any atom is 0.306 e. The molecule has 7 heteroatoms. The third kappa shape index (κ3) is 4.30. The van der Waals surface area contributed by atoms with Gasteiger partial charge in [0.1, 0.15) is 11.6 Å². The molecule has 116 valence electrons. The van der Waals surface area contributed by atoms with Crippen LogP contribution in [-0.4, -0.2) is 48.9 Å². The molecule has 0 amide bonds. The number of hydrogen-bond donors (Lipinski definition) is 1. The largest absolute Gasteiger partial charge is 0.495 e. The van der Waals surface area contributed by atoms with Gasteiger partial charge in [0.2, 0.25) is 0 Å². The molecular weight excluding hydrogens is 301 g/mol. The molecule has 1 aliphatic rings. The zero-order valence-corrected chi connectivity index (χ0v) is 12.4. The molecule has 5 nitrogen and oxygen atoms in total. The summed E-state index contributed by atoms with van der Waals surface area (Å²) in [5.74, 6) is -0.883. The summed E-state index contributed by atoms with van der Waals surface area (Å²) in [6.07, 6.45) is -0.420. The number of methoxy groups -OCH3 is 1. The molecule has 1 fully saturated rings. The van der Waals surface area contributed by atoms with Crippen LogP contribution < -0.4 is 4.74 Å². The number of ether oxygens (including phenoxy) is 2. The normalized spacial score (nSPS) is 19.5. The molecule has 1 N–H and O–H groups in total. The number of aliphatic carboxylic acids is 1. The molecule has 1 saturated heterocycles. The highest BCUT2D eigenvalue weighted by molar-refractivity contribution is 6.32. The molecular formula is C14H17ClFNO4. The fraction of sp³-hybridized carbons (Fsp3) is 0.500. The standard InChI is InChI=1S/C14H17ClFNO4/c1-20-13-4-9(12(16)6-11(13)15)7-17-2-3-21-10(8-17)5-14(18)19/h4,6,10H,2-3,5,7-8H2,1H3,(H,18,19). The van der Waals surface area contributed by atoms with Crippen LogP contribution >= 0.6 is 11.6 Å². The molecule has 1 aromatic rings. The Morgan fingerprint density at radius 1 is 1.62 bits per heavy atom. The van der Waals surface area contributed by atoms with Crippen molar-refractivity contribution in [3.63, 3.8) is 0 Å². The zero-order chi connectivity index (χ0) is 15.4. The van der Waals surface area contributed by atoms with E-state index in [1.165, 1.54) is 13.2 Å². The predicted molar refractivity (Wildman–Crippen MR) is 75.2 cm³/mol. The molecule has 1 aromatic carbocycles. The first-order valence-electron chi connectivity index (χ1n) is 6.57. The Hall–Kier alpha value is -1.37. The third-order valence-corrected chi connectivity index (χ3v) is 3.64. The van der Waals surface area contributed by atoms with E-state index in [0.717, 1.165) is 0 Å². The molecule has 1 aliphatic heterocycles. The van der Waals surface area contributed by atoms with Gasteiger partial charge in [0.15, 0.2) is 0 Å². The fourth-order valence-corrected chi connectivity index (χ4v) is 2.56. The molecule has 0 saturated carbocycles. The highest BCUT2D eigenvalue weighted by Crippen LogP contribution is 2.28. The van der Waals surface area contributed by atoms with Crippen LogP contribution in [0.25, 0.3) is 0 Å². The highest BCUT2D eigenvalue weighted by Gasteiger charge is 2.23. The number of carboxylic acids is 1. The van der Waals surface area contributed by atoms with Crippen molar-refractivity contribution in [2.45, 2.75) is 19.1 Å². The van der Waals surface area contributed by atoms with Crippen molar-refractivity contribution < 1.29 is 23.8 Å². The lowest BCUT2D eigenvalue weighted by atomic mass is 10.1. The van der Waals surface area contributed by atoms with Gasteiger partial charge in [0, 0.05) is 25.2 Å². The molecule has 0 aromatic heterocycles. The van der Waals surface area contributed by atoms with Crippen LogP contribution in [0.15, 0.2) is 12.1 Å². The molecule has 1 atom stereocenters. The van der Waals surface area contributed by atoms with Gasteiger partial charge in [0.25, 0.3) is 0 Å². The van der Waals surface area contributed by atoms with Crippen molar-refractivity contribution in [3.05, 3.63) is 28.5 Å². The number of nitrogens with zero attached hydrogens (tertiary/aromatic N) is 1. The van der Waals surface area contributed by atoms with Crippen LogP contribution in [0.5, 0.6) is 5.75 Å². The van der Waals surface area contributed by atoms with Crippen LogP contribution in [0.4, 0.5) is 4.39 Å². The van der Waals surface area contributed by atoms with E-state index in [4.69, 9.17) is 26.2 Å². The molecule has 0 bridgehead atoms. The number of rotatable bonds is 5. The van der Waals surface area contributed by atoms with E-state index in [1.807, 2.05) is 4.90 Å². The Morgan fingerprint density at radius 3 is 3.05 bits per heavy atom. The first-order chi connectivity index (χ1) is 9.99. The lowest BCUT2D eigenvalue weighted by Gasteiger charge is -2.32. The monoisotopic (exact) mass is 317 g/mol. The molecule has 0 aliphatic carbocycles. The van der Waals surface area contributed by atoms with Crippen LogP contribution in [0.1, 0.15) is 12.0 Å². The van der Waals surface area contributed by atoms with Gasteiger partial charge in [-0.3, -0.25) is 9.69 Å².